The number of hydrogen-bond acceptors (Lipinski definition) is 4. The Morgan fingerprint density at radius 3 is 2.62 bits per heavy atom. The van der Waals surface area contributed by atoms with Crippen molar-refractivity contribution in [3.05, 3.63) is 72.0 Å². The molecule has 0 aliphatic rings. The molecular formula is C21H18ClN3S. The Hall–Kier alpha value is -2.30. The summed E-state index contributed by atoms with van der Waals surface area (Å²) in [4.78, 5) is 9.89. The monoisotopic (exact) mass is 379 g/mol. The van der Waals surface area contributed by atoms with Crippen molar-refractivity contribution in [2.75, 3.05) is 17.6 Å². The van der Waals surface area contributed by atoms with Crippen LogP contribution in [0.4, 0.5) is 5.82 Å². The van der Waals surface area contributed by atoms with Gasteiger partial charge in [0.1, 0.15) is 5.82 Å². The highest BCUT2D eigenvalue weighted by atomic mass is 35.5. The molecule has 0 radical (unpaired) electrons. The van der Waals surface area contributed by atoms with E-state index in [4.69, 9.17) is 11.6 Å². The van der Waals surface area contributed by atoms with E-state index in [1.165, 1.54) is 15.7 Å². The lowest BCUT2D eigenvalue weighted by Crippen LogP contribution is -2.05. The van der Waals surface area contributed by atoms with Gasteiger partial charge in [-0.1, -0.05) is 42.5 Å². The first-order valence-electron chi connectivity index (χ1n) is 8.57. The number of rotatable bonds is 6. The Labute approximate surface area is 161 Å². The maximum absolute atomic E-state index is 6.03. The standard InChI is InChI=1S/C21H18ClN3S/c22-21-24-19-9-4-3-8-18(19)20(25-21)23-12-5-13-26-17-11-10-15-6-1-2-7-16(15)14-17/h1-4,6-11,14H,5,12-13H2,(H,23,24,25). The molecule has 0 bridgehead atoms. The smallest absolute Gasteiger partial charge is 0.224 e. The number of aromatic nitrogens is 2. The fourth-order valence-corrected chi connectivity index (χ4v) is 3.98. The molecule has 0 amide bonds. The van der Waals surface area contributed by atoms with E-state index in [9.17, 15) is 0 Å². The molecule has 0 aliphatic carbocycles. The molecule has 0 saturated heterocycles. The van der Waals surface area contributed by atoms with Gasteiger partial charge < -0.3 is 5.32 Å². The van der Waals surface area contributed by atoms with Crippen LogP contribution in [0.25, 0.3) is 21.7 Å². The molecule has 0 saturated carbocycles. The fraction of sp³-hybridized carbons (Fsp3) is 0.143. The summed E-state index contributed by atoms with van der Waals surface area (Å²) in [6, 6.07) is 23.0. The van der Waals surface area contributed by atoms with E-state index in [1.807, 2.05) is 36.0 Å². The number of anilines is 1. The average Bonchev–Trinajstić information content (AvgIpc) is 2.67. The highest BCUT2D eigenvalue weighted by Gasteiger charge is 2.05. The predicted octanol–water partition coefficient (Wildman–Crippen LogP) is 6.03. The Morgan fingerprint density at radius 1 is 0.885 bits per heavy atom. The molecule has 0 fully saturated rings. The third kappa shape index (κ3) is 3.92. The molecule has 26 heavy (non-hydrogen) atoms. The Bertz CT molecular complexity index is 1050. The van der Waals surface area contributed by atoms with E-state index >= 15 is 0 Å². The average molecular weight is 380 g/mol. The SMILES string of the molecule is Clc1nc(NCCCSc2ccc3ccccc3c2)c2ccccc2n1. The van der Waals surface area contributed by atoms with Crippen LogP contribution in [-0.2, 0) is 0 Å². The van der Waals surface area contributed by atoms with Crippen LogP contribution in [0.5, 0.6) is 0 Å². The number of nitrogens with zero attached hydrogens (tertiary/aromatic N) is 2. The molecule has 1 aromatic heterocycles. The molecule has 1 N–H and O–H groups in total. The van der Waals surface area contributed by atoms with E-state index in [2.05, 4.69) is 57.7 Å². The summed E-state index contributed by atoms with van der Waals surface area (Å²) in [5, 5.41) is 7.24. The predicted molar refractivity (Wildman–Crippen MR) is 112 cm³/mol. The van der Waals surface area contributed by atoms with Crippen LogP contribution in [0.2, 0.25) is 5.28 Å². The molecule has 4 aromatic rings. The van der Waals surface area contributed by atoms with Crippen LogP contribution >= 0.6 is 23.4 Å². The largest absolute Gasteiger partial charge is 0.369 e. The maximum atomic E-state index is 6.03. The van der Waals surface area contributed by atoms with Crippen molar-refractivity contribution in [1.82, 2.24) is 9.97 Å². The molecule has 4 rings (SSSR count). The highest BCUT2D eigenvalue weighted by Crippen LogP contribution is 2.25. The summed E-state index contributed by atoms with van der Waals surface area (Å²) in [6.45, 7) is 0.845. The van der Waals surface area contributed by atoms with E-state index in [1.54, 1.807) is 0 Å². The summed E-state index contributed by atoms with van der Waals surface area (Å²) >= 11 is 7.90. The Morgan fingerprint density at radius 2 is 1.69 bits per heavy atom. The summed E-state index contributed by atoms with van der Waals surface area (Å²) in [5.74, 6) is 1.85. The van der Waals surface area contributed by atoms with Gasteiger partial charge in [0.15, 0.2) is 0 Å². The van der Waals surface area contributed by atoms with E-state index in [-0.39, 0.29) is 5.28 Å². The first kappa shape index (κ1) is 17.1. The van der Waals surface area contributed by atoms with Gasteiger partial charge in [-0.3, -0.25) is 0 Å². The quantitative estimate of drug-likeness (QED) is 0.252. The van der Waals surface area contributed by atoms with Crippen molar-refractivity contribution >= 4 is 50.9 Å². The fourth-order valence-electron chi connectivity index (χ4n) is 2.91. The summed E-state index contributed by atoms with van der Waals surface area (Å²) in [7, 11) is 0. The number of para-hydroxylation sites is 1. The molecular weight excluding hydrogens is 362 g/mol. The van der Waals surface area contributed by atoms with Crippen molar-refractivity contribution < 1.29 is 0 Å². The molecule has 3 aromatic carbocycles. The van der Waals surface area contributed by atoms with Gasteiger partial charge in [-0.05, 0) is 58.8 Å². The second kappa shape index (κ2) is 7.94. The first-order chi connectivity index (χ1) is 12.8. The van der Waals surface area contributed by atoms with Crippen LogP contribution in [0.15, 0.2) is 71.6 Å². The Kier molecular flexibility index (Phi) is 5.23. The van der Waals surface area contributed by atoms with Gasteiger partial charge in [-0.15, -0.1) is 11.8 Å². The van der Waals surface area contributed by atoms with Gasteiger partial charge in [-0.25, -0.2) is 9.97 Å². The number of fused-ring (bicyclic) bond motifs is 2. The van der Waals surface area contributed by atoms with Crippen molar-refractivity contribution in [3.63, 3.8) is 0 Å². The van der Waals surface area contributed by atoms with Crippen molar-refractivity contribution in [2.24, 2.45) is 0 Å². The maximum Gasteiger partial charge on any atom is 0.224 e. The number of thioether (sulfide) groups is 1. The van der Waals surface area contributed by atoms with E-state index < -0.39 is 0 Å². The Balaban J connectivity index is 1.34. The number of benzene rings is 3. The van der Waals surface area contributed by atoms with Crippen molar-refractivity contribution in [2.45, 2.75) is 11.3 Å². The second-order valence-electron chi connectivity index (χ2n) is 6.00. The molecule has 5 heteroatoms. The minimum atomic E-state index is 0.275. The van der Waals surface area contributed by atoms with Gasteiger partial charge >= 0.3 is 0 Å². The molecule has 0 unspecified atom stereocenters. The number of nitrogens with one attached hydrogen (secondary N) is 1. The lowest BCUT2D eigenvalue weighted by Gasteiger charge is -2.09. The van der Waals surface area contributed by atoms with Crippen LogP contribution < -0.4 is 5.32 Å². The molecule has 0 atom stereocenters. The van der Waals surface area contributed by atoms with Crippen molar-refractivity contribution in [3.8, 4) is 0 Å². The van der Waals surface area contributed by atoms with Gasteiger partial charge in [0.25, 0.3) is 0 Å². The van der Waals surface area contributed by atoms with Crippen LogP contribution in [-0.4, -0.2) is 22.3 Å². The van der Waals surface area contributed by atoms with E-state index in [0.29, 0.717) is 0 Å². The lowest BCUT2D eigenvalue weighted by atomic mass is 10.1. The van der Waals surface area contributed by atoms with Gasteiger partial charge in [0.2, 0.25) is 5.28 Å². The van der Waals surface area contributed by atoms with Gasteiger partial charge in [0, 0.05) is 16.8 Å². The minimum Gasteiger partial charge on any atom is -0.369 e. The molecule has 1 heterocycles. The number of hydrogen-bond donors (Lipinski definition) is 1. The second-order valence-corrected chi connectivity index (χ2v) is 7.50. The van der Waals surface area contributed by atoms with Crippen molar-refractivity contribution in [1.29, 1.82) is 0 Å². The topological polar surface area (TPSA) is 37.8 Å². The highest BCUT2D eigenvalue weighted by molar-refractivity contribution is 7.99. The minimum absolute atomic E-state index is 0.275. The molecule has 0 spiro atoms. The van der Waals surface area contributed by atoms with Crippen LogP contribution in [0, 0.1) is 0 Å². The molecule has 3 nitrogen and oxygen atoms in total. The van der Waals surface area contributed by atoms with Crippen LogP contribution in [0.1, 0.15) is 6.42 Å². The van der Waals surface area contributed by atoms with E-state index in [0.717, 1.165) is 35.4 Å². The zero-order valence-electron chi connectivity index (χ0n) is 14.2. The van der Waals surface area contributed by atoms with Gasteiger partial charge in [0.05, 0.1) is 5.52 Å². The zero-order chi connectivity index (χ0) is 17.8. The normalized spacial score (nSPS) is 11.1. The first-order valence-corrected chi connectivity index (χ1v) is 9.94. The summed E-state index contributed by atoms with van der Waals surface area (Å²) in [6.07, 6.45) is 1.04. The zero-order valence-corrected chi connectivity index (χ0v) is 15.7. The third-order valence-corrected chi connectivity index (χ3v) is 5.43. The molecule has 0 aliphatic heterocycles. The summed E-state index contributed by atoms with van der Waals surface area (Å²) in [5.41, 5.74) is 0.862. The molecule has 130 valence electrons. The lowest BCUT2D eigenvalue weighted by molar-refractivity contribution is 0.980. The van der Waals surface area contributed by atoms with Gasteiger partial charge in [-0.2, -0.15) is 0 Å². The summed E-state index contributed by atoms with van der Waals surface area (Å²) < 4.78 is 0. The van der Waals surface area contributed by atoms with Crippen LogP contribution in [0.3, 0.4) is 0 Å². The number of halogens is 1. The third-order valence-electron chi connectivity index (χ3n) is 4.18.